The third-order valence-corrected chi connectivity index (χ3v) is 5.88. The topological polar surface area (TPSA) is 105 Å². The summed E-state index contributed by atoms with van der Waals surface area (Å²) in [5.41, 5.74) is 0.494. The fourth-order valence-corrected chi connectivity index (χ4v) is 3.95. The first-order valence-electron chi connectivity index (χ1n) is 8.93. The number of methoxy groups -OCH3 is 1. The average molecular weight is 397 g/mol. The number of likely N-dealkylation sites (tertiary alicyclic amines) is 1. The molecule has 0 bridgehead atoms. The third-order valence-electron chi connectivity index (χ3n) is 4.40. The molecule has 1 atom stereocenters. The van der Waals surface area contributed by atoms with Crippen LogP contribution in [0, 0.1) is 5.92 Å². The normalized spacial score (nSPS) is 17.6. The lowest BCUT2D eigenvalue weighted by atomic mass is 10.1. The van der Waals surface area contributed by atoms with Crippen LogP contribution in [0.1, 0.15) is 26.7 Å². The Balaban J connectivity index is 1.93. The summed E-state index contributed by atoms with van der Waals surface area (Å²) in [6.07, 6.45) is 0.777. The summed E-state index contributed by atoms with van der Waals surface area (Å²) < 4.78 is 31.8. The quantitative estimate of drug-likeness (QED) is 0.609. The van der Waals surface area contributed by atoms with Gasteiger partial charge in [0.1, 0.15) is 0 Å². The number of anilines is 1. The Bertz CT molecular complexity index is 762. The summed E-state index contributed by atoms with van der Waals surface area (Å²) in [4.78, 5) is 26.1. The number of hydrogen-bond acceptors (Lipinski definition) is 5. The molecule has 1 aromatic carbocycles. The van der Waals surface area contributed by atoms with Gasteiger partial charge >= 0.3 is 0 Å². The zero-order valence-electron chi connectivity index (χ0n) is 15.9. The van der Waals surface area contributed by atoms with Crippen molar-refractivity contribution < 1.29 is 22.7 Å². The van der Waals surface area contributed by atoms with Crippen LogP contribution in [-0.4, -0.2) is 58.0 Å². The van der Waals surface area contributed by atoms with E-state index in [4.69, 9.17) is 4.74 Å². The summed E-state index contributed by atoms with van der Waals surface area (Å²) in [5, 5.41) is 2.75. The third kappa shape index (κ3) is 5.75. The number of hydrogen-bond donors (Lipinski definition) is 2. The van der Waals surface area contributed by atoms with Gasteiger partial charge in [0.2, 0.25) is 21.8 Å². The Morgan fingerprint density at radius 1 is 1.30 bits per heavy atom. The molecule has 1 aliphatic rings. The van der Waals surface area contributed by atoms with Crippen molar-refractivity contribution in [2.75, 3.05) is 32.1 Å². The molecule has 1 heterocycles. The average Bonchev–Trinajstić information content (AvgIpc) is 3.01. The summed E-state index contributed by atoms with van der Waals surface area (Å²) in [6, 6.07) is 6.02. The second-order valence-corrected chi connectivity index (χ2v) is 8.57. The van der Waals surface area contributed by atoms with Crippen LogP contribution >= 0.6 is 0 Å². The molecule has 0 radical (unpaired) electrons. The van der Waals surface area contributed by atoms with Crippen LogP contribution in [0.25, 0.3) is 0 Å². The van der Waals surface area contributed by atoms with E-state index in [9.17, 15) is 18.0 Å². The predicted octanol–water partition coefficient (Wildman–Crippen LogP) is 1.20. The predicted molar refractivity (Wildman–Crippen MR) is 102 cm³/mol. The van der Waals surface area contributed by atoms with Gasteiger partial charge < -0.3 is 15.0 Å². The molecule has 1 aliphatic heterocycles. The molecule has 8 nitrogen and oxygen atoms in total. The number of rotatable bonds is 9. The standard InChI is InChI=1S/C18H27N3O5S/c1-13(2)21-12-14(11-17(21)22)18(23)20-15-5-7-16(8-6-15)27(24,25)19-9-4-10-26-3/h5-8,13-14,19H,4,9-12H2,1-3H3,(H,20,23)/t14-/m0/s1. The molecule has 1 saturated heterocycles. The van der Waals surface area contributed by atoms with E-state index in [0.717, 1.165) is 0 Å². The summed E-state index contributed by atoms with van der Waals surface area (Å²) >= 11 is 0. The maximum Gasteiger partial charge on any atom is 0.240 e. The Hall–Kier alpha value is -1.97. The van der Waals surface area contributed by atoms with Gasteiger partial charge in [0.05, 0.1) is 10.8 Å². The molecule has 1 fully saturated rings. The van der Waals surface area contributed by atoms with Gasteiger partial charge in [0.15, 0.2) is 0 Å². The minimum absolute atomic E-state index is 0.0221. The van der Waals surface area contributed by atoms with Crippen LogP contribution in [0.3, 0.4) is 0 Å². The van der Waals surface area contributed by atoms with Crippen molar-refractivity contribution in [3.63, 3.8) is 0 Å². The maximum atomic E-state index is 12.4. The van der Waals surface area contributed by atoms with E-state index in [1.165, 1.54) is 12.1 Å². The van der Waals surface area contributed by atoms with Gasteiger partial charge in [-0.3, -0.25) is 9.59 Å². The number of benzene rings is 1. The van der Waals surface area contributed by atoms with Gasteiger partial charge in [0.25, 0.3) is 0 Å². The molecule has 1 aromatic rings. The Labute approximate surface area is 160 Å². The molecule has 27 heavy (non-hydrogen) atoms. The molecular weight excluding hydrogens is 370 g/mol. The minimum atomic E-state index is -3.60. The zero-order chi connectivity index (χ0) is 20.0. The first-order chi connectivity index (χ1) is 12.7. The van der Waals surface area contributed by atoms with Crippen LogP contribution in [0.5, 0.6) is 0 Å². The van der Waals surface area contributed by atoms with Gasteiger partial charge in [0, 0.05) is 45.0 Å². The van der Waals surface area contributed by atoms with Crippen molar-refractivity contribution >= 4 is 27.5 Å². The number of amides is 2. The van der Waals surface area contributed by atoms with Crippen LogP contribution in [0.4, 0.5) is 5.69 Å². The van der Waals surface area contributed by atoms with E-state index in [1.807, 2.05) is 13.8 Å². The van der Waals surface area contributed by atoms with Crippen LogP contribution in [0.15, 0.2) is 29.2 Å². The Morgan fingerprint density at radius 3 is 2.52 bits per heavy atom. The second-order valence-electron chi connectivity index (χ2n) is 6.80. The van der Waals surface area contributed by atoms with Crippen LogP contribution in [0.2, 0.25) is 0 Å². The SMILES string of the molecule is COCCCNS(=O)(=O)c1ccc(NC(=O)[C@H]2CC(=O)N(C(C)C)C2)cc1. The van der Waals surface area contributed by atoms with Gasteiger partial charge in [-0.1, -0.05) is 0 Å². The number of sulfonamides is 1. The zero-order valence-corrected chi connectivity index (χ0v) is 16.7. The largest absolute Gasteiger partial charge is 0.385 e. The molecule has 2 rings (SSSR count). The van der Waals surface area contributed by atoms with E-state index in [1.54, 1.807) is 24.1 Å². The molecule has 0 unspecified atom stereocenters. The summed E-state index contributed by atoms with van der Waals surface area (Å²) in [7, 11) is -2.04. The highest BCUT2D eigenvalue weighted by atomic mass is 32.2. The lowest BCUT2D eigenvalue weighted by Crippen LogP contribution is -2.33. The maximum absolute atomic E-state index is 12.4. The van der Waals surface area contributed by atoms with Gasteiger partial charge in [-0.05, 0) is 44.5 Å². The first kappa shape index (κ1) is 21.3. The smallest absolute Gasteiger partial charge is 0.240 e. The minimum Gasteiger partial charge on any atom is -0.385 e. The van der Waals surface area contributed by atoms with Crippen molar-refractivity contribution in [3.8, 4) is 0 Å². The first-order valence-corrected chi connectivity index (χ1v) is 10.4. The van der Waals surface area contributed by atoms with Crippen molar-refractivity contribution in [1.29, 1.82) is 0 Å². The Kier molecular flexibility index (Phi) is 7.34. The summed E-state index contributed by atoms with van der Waals surface area (Å²) in [6.45, 7) is 5.00. The lowest BCUT2D eigenvalue weighted by molar-refractivity contribution is -0.129. The number of nitrogens with one attached hydrogen (secondary N) is 2. The fourth-order valence-electron chi connectivity index (χ4n) is 2.87. The van der Waals surface area contributed by atoms with Gasteiger partial charge in [-0.15, -0.1) is 0 Å². The van der Waals surface area contributed by atoms with Crippen LogP contribution in [-0.2, 0) is 24.3 Å². The molecule has 0 spiro atoms. The van der Waals surface area contributed by atoms with E-state index >= 15 is 0 Å². The monoisotopic (exact) mass is 397 g/mol. The molecule has 0 aromatic heterocycles. The number of ether oxygens (including phenoxy) is 1. The van der Waals surface area contributed by atoms with E-state index < -0.39 is 15.9 Å². The van der Waals surface area contributed by atoms with Crippen LogP contribution < -0.4 is 10.0 Å². The molecule has 9 heteroatoms. The lowest BCUT2D eigenvalue weighted by Gasteiger charge is -2.20. The van der Waals surface area contributed by atoms with E-state index in [0.29, 0.717) is 25.3 Å². The molecule has 150 valence electrons. The van der Waals surface area contributed by atoms with Crippen molar-refractivity contribution in [3.05, 3.63) is 24.3 Å². The summed E-state index contributed by atoms with van der Waals surface area (Å²) in [5.74, 6) is -0.656. The van der Waals surface area contributed by atoms with Gasteiger partial charge in [-0.25, -0.2) is 13.1 Å². The van der Waals surface area contributed by atoms with Crippen molar-refractivity contribution in [2.24, 2.45) is 5.92 Å². The Morgan fingerprint density at radius 2 is 1.96 bits per heavy atom. The number of carbonyl (C=O) groups is 2. The van der Waals surface area contributed by atoms with Crippen molar-refractivity contribution in [2.45, 2.75) is 37.6 Å². The molecular formula is C18H27N3O5S. The fraction of sp³-hybridized carbons (Fsp3) is 0.556. The molecule has 2 N–H and O–H groups in total. The van der Waals surface area contributed by atoms with E-state index in [2.05, 4.69) is 10.0 Å². The highest BCUT2D eigenvalue weighted by molar-refractivity contribution is 7.89. The molecule has 2 amide bonds. The second kappa shape index (κ2) is 9.29. The number of nitrogens with zero attached hydrogens (tertiary/aromatic N) is 1. The molecule has 0 aliphatic carbocycles. The van der Waals surface area contributed by atoms with Gasteiger partial charge in [-0.2, -0.15) is 0 Å². The highest BCUT2D eigenvalue weighted by Crippen LogP contribution is 2.22. The molecule has 0 saturated carbocycles. The van der Waals surface area contributed by atoms with Crippen molar-refractivity contribution in [1.82, 2.24) is 9.62 Å². The highest BCUT2D eigenvalue weighted by Gasteiger charge is 2.35. The number of carbonyl (C=O) groups excluding carboxylic acids is 2. The van der Waals surface area contributed by atoms with E-state index in [-0.39, 0.29) is 35.7 Å².